The minimum Gasteiger partial charge on any atom is -0.372 e. The van der Waals surface area contributed by atoms with Gasteiger partial charge in [-0.05, 0) is 6.42 Å². The van der Waals surface area contributed by atoms with Crippen molar-refractivity contribution in [1.29, 1.82) is 0 Å². The second-order valence-electron chi connectivity index (χ2n) is 1.56. The highest BCUT2D eigenvalue weighted by atomic mass is 35.5. The lowest BCUT2D eigenvalue weighted by atomic mass is 10.5. The third-order valence-corrected chi connectivity index (χ3v) is 0.934. The highest BCUT2D eigenvalue weighted by Gasteiger charge is 1.91. The van der Waals surface area contributed by atoms with Crippen molar-refractivity contribution >= 4 is 17.5 Å². The van der Waals surface area contributed by atoms with Crippen LogP contribution in [0.4, 0.5) is 0 Å². The lowest BCUT2D eigenvalue weighted by Crippen LogP contribution is -2.18. The summed E-state index contributed by atoms with van der Waals surface area (Å²) in [4.78, 5) is 10.0. The van der Waals surface area contributed by atoms with E-state index >= 15 is 0 Å². The molecule has 0 aromatic heterocycles. The van der Waals surface area contributed by atoms with Crippen LogP contribution < -0.4 is 5.73 Å². The molecule has 0 saturated heterocycles. The van der Waals surface area contributed by atoms with Crippen molar-refractivity contribution < 1.29 is 9.53 Å². The van der Waals surface area contributed by atoms with Gasteiger partial charge in [0.2, 0.25) is 5.91 Å². The molecule has 0 radical (unpaired) electrons. The SMILES string of the molecule is NC(=O)COCCCCl. The van der Waals surface area contributed by atoms with Gasteiger partial charge in [-0.1, -0.05) is 0 Å². The summed E-state index contributed by atoms with van der Waals surface area (Å²) >= 11 is 5.32. The Morgan fingerprint density at radius 2 is 2.33 bits per heavy atom. The molecule has 0 bridgehead atoms. The topological polar surface area (TPSA) is 52.3 Å². The molecular formula is C5H10ClNO2. The predicted molar refractivity (Wildman–Crippen MR) is 35.4 cm³/mol. The molecule has 0 rings (SSSR count). The minimum atomic E-state index is -0.440. The van der Waals surface area contributed by atoms with Gasteiger partial charge in [-0.3, -0.25) is 4.79 Å². The van der Waals surface area contributed by atoms with E-state index in [1.807, 2.05) is 0 Å². The molecule has 0 fully saturated rings. The maximum absolute atomic E-state index is 10.0. The van der Waals surface area contributed by atoms with E-state index in [0.29, 0.717) is 12.5 Å². The lowest BCUT2D eigenvalue weighted by molar-refractivity contribution is -0.122. The second kappa shape index (κ2) is 5.85. The van der Waals surface area contributed by atoms with Crippen molar-refractivity contribution in [2.45, 2.75) is 6.42 Å². The fourth-order valence-electron chi connectivity index (χ4n) is 0.329. The van der Waals surface area contributed by atoms with Crippen LogP contribution in [0.15, 0.2) is 0 Å². The third-order valence-electron chi connectivity index (χ3n) is 0.667. The van der Waals surface area contributed by atoms with Crippen molar-refractivity contribution in [2.24, 2.45) is 5.73 Å². The van der Waals surface area contributed by atoms with Gasteiger partial charge in [-0.2, -0.15) is 0 Å². The van der Waals surface area contributed by atoms with Crippen LogP contribution in [0.2, 0.25) is 0 Å². The molecule has 0 heterocycles. The molecule has 3 nitrogen and oxygen atoms in total. The molecule has 0 aliphatic rings. The maximum atomic E-state index is 10.0. The molecule has 0 aliphatic heterocycles. The molecule has 4 heteroatoms. The maximum Gasteiger partial charge on any atom is 0.243 e. The minimum absolute atomic E-state index is 0.00309. The first-order valence-corrected chi connectivity index (χ1v) is 3.23. The molecule has 0 aromatic carbocycles. The Labute approximate surface area is 59.1 Å². The summed E-state index contributed by atoms with van der Waals surface area (Å²) in [5.41, 5.74) is 4.78. The summed E-state index contributed by atoms with van der Waals surface area (Å²) in [6.45, 7) is 0.503. The first-order valence-electron chi connectivity index (χ1n) is 2.69. The second-order valence-corrected chi connectivity index (χ2v) is 1.94. The number of ether oxygens (including phenoxy) is 1. The zero-order chi connectivity index (χ0) is 7.11. The van der Waals surface area contributed by atoms with Gasteiger partial charge in [-0.25, -0.2) is 0 Å². The van der Waals surface area contributed by atoms with E-state index in [0.717, 1.165) is 6.42 Å². The number of hydrogen-bond acceptors (Lipinski definition) is 2. The van der Waals surface area contributed by atoms with E-state index in [1.54, 1.807) is 0 Å². The Hall–Kier alpha value is -0.280. The van der Waals surface area contributed by atoms with Gasteiger partial charge in [0.05, 0.1) is 0 Å². The van der Waals surface area contributed by atoms with Gasteiger partial charge in [0.25, 0.3) is 0 Å². The number of amides is 1. The molecule has 2 N–H and O–H groups in total. The van der Waals surface area contributed by atoms with Crippen molar-refractivity contribution in [1.82, 2.24) is 0 Å². The Balaban J connectivity index is 2.83. The quantitative estimate of drug-likeness (QED) is 0.448. The zero-order valence-electron chi connectivity index (χ0n) is 5.10. The molecule has 0 aromatic rings. The largest absolute Gasteiger partial charge is 0.372 e. The number of carbonyl (C=O) groups is 1. The van der Waals surface area contributed by atoms with Crippen molar-refractivity contribution in [3.8, 4) is 0 Å². The van der Waals surface area contributed by atoms with E-state index in [2.05, 4.69) is 0 Å². The number of rotatable bonds is 5. The molecule has 9 heavy (non-hydrogen) atoms. The van der Waals surface area contributed by atoms with Crippen LogP contribution in [0.25, 0.3) is 0 Å². The number of halogens is 1. The standard InChI is InChI=1S/C5H10ClNO2/c6-2-1-3-9-4-5(7)8/h1-4H2,(H2,7,8). The van der Waals surface area contributed by atoms with Gasteiger partial charge in [0.15, 0.2) is 0 Å². The molecule has 0 unspecified atom stereocenters. The number of alkyl halides is 1. The van der Waals surface area contributed by atoms with Crippen LogP contribution in [-0.2, 0) is 9.53 Å². The van der Waals surface area contributed by atoms with Crippen LogP contribution in [0, 0.1) is 0 Å². The summed E-state index contributed by atoms with van der Waals surface area (Å²) < 4.78 is 4.78. The van der Waals surface area contributed by atoms with Crippen LogP contribution in [-0.4, -0.2) is 25.0 Å². The summed E-state index contributed by atoms with van der Waals surface area (Å²) in [6, 6.07) is 0. The Morgan fingerprint density at radius 3 is 2.78 bits per heavy atom. The lowest BCUT2D eigenvalue weighted by Gasteiger charge is -1.96. The third kappa shape index (κ3) is 7.72. The van der Waals surface area contributed by atoms with Crippen molar-refractivity contribution in [3.63, 3.8) is 0 Å². The van der Waals surface area contributed by atoms with Crippen molar-refractivity contribution in [2.75, 3.05) is 19.1 Å². The summed E-state index contributed by atoms with van der Waals surface area (Å²) in [5.74, 6) is 0.114. The average molecular weight is 152 g/mol. The summed E-state index contributed by atoms with van der Waals surface area (Å²) in [7, 11) is 0. The molecule has 54 valence electrons. The van der Waals surface area contributed by atoms with Crippen molar-refractivity contribution in [3.05, 3.63) is 0 Å². The highest BCUT2D eigenvalue weighted by Crippen LogP contribution is 1.84. The van der Waals surface area contributed by atoms with Gasteiger partial charge in [0.1, 0.15) is 6.61 Å². The molecule has 0 atom stereocenters. The van der Waals surface area contributed by atoms with E-state index in [9.17, 15) is 4.79 Å². The normalized spacial score (nSPS) is 9.44. The van der Waals surface area contributed by atoms with E-state index in [1.165, 1.54) is 0 Å². The molecule has 0 saturated carbocycles. The van der Waals surface area contributed by atoms with E-state index in [4.69, 9.17) is 22.1 Å². The highest BCUT2D eigenvalue weighted by molar-refractivity contribution is 6.17. The first kappa shape index (κ1) is 8.72. The Bertz CT molecular complexity index is 87.0. The van der Waals surface area contributed by atoms with Gasteiger partial charge < -0.3 is 10.5 Å². The Kier molecular flexibility index (Phi) is 5.67. The van der Waals surface area contributed by atoms with Crippen LogP contribution in [0.3, 0.4) is 0 Å². The van der Waals surface area contributed by atoms with Crippen LogP contribution in [0.5, 0.6) is 0 Å². The van der Waals surface area contributed by atoms with E-state index < -0.39 is 5.91 Å². The number of hydrogen-bond donors (Lipinski definition) is 1. The average Bonchev–Trinajstić information content (AvgIpc) is 1.80. The molecule has 0 aliphatic carbocycles. The van der Waals surface area contributed by atoms with Gasteiger partial charge in [-0.15, -0.1) is 11.6 Å². The molecule has 0 spiro atoms. The smallest absolute Gasteiger partial charge is 0.243 e. The van der Waals surface area contributed by atoms with E-state index in [-0.39, 0.29) is 6.61 Å². The monoisotopic (exact) mass is 151 g/mol. The molecule has 1 amide bonds. The summed E-state index contributed by atoms with van der Waals surface area (Å²) in [5, 5.41) is 0. The number of carbonyl (C=O) groups excluding carboxylic acids is 1. The zero-order valence-corrected chi connectivity index (χ0v) is 5.86. The predicted octanol–water partition coefficient (Wildman–Crippen LogP) is 0.117. The molecular weight excluding hydrogens is 142 g/mol. The van der Waals surface area contributed by atoms with Gasteiger partial charge >= 0.3 is 0 Å². The fraction of sp³-hybridized carbons (Fsp3) is 0.800. The van der Waals surface area contributed by atoms with Gasteiger partial charge in [0, 0.05) is 12.5 Å². The van der Waals surface area contributed by atoms with Crippen LogP contribution >= 0.6 is 11.6 Å². The fourth-order valence-corrected chi connectivity index (χ4v) is 0.438. The number of primary amides is 1. The van der Waals surface area contributed by atoms with Crippen LogP contribution in [0.1, 0.15) is 6.42 Å². The number of nitrogens with two attached hydrogens (primary N) is 1. The Morgan fingerprint density at radius 1 is 1.67 bits per heavy atom. The summed E-state index contributed by atoms with van der Waals surface area (Å²) in [6.07, 6.45) is 0.759. The first-order chi connectivity index (χ1) is 4.27.